The molecular formula is C15H20N6O5S2. The monoisotopic (exact) mass is 428 g/mol. The standard InChI is InChI=1S/C15H20N6O5S2/c1-4-27(22)10-7-5-6-8-11(10)28(23,24)21(14(16)20-17)15-18-12(25-2)9-13(19-15)26-3/h5-9H,4,17H2,1-3H3,(H2,16,20). The van der Waals surface area contributed by atoms with Crippen molar-refractivity contribution in [2.75, 3.05) is 24.3 Å². The molecular weight excluding hydrogens is 408 g/mol. The zero-order valence-electron chi connectivity index (χ0n) is 15.4. The number of sulfonamides is 1. The summed E-state index contributed by atoms with van der Waals surface area (Å²) in [6.07, 6.45) is 0. The lowest BCUT2D eigenvalue weighted by atomic mass is 10.4. The Morgan fingerprint density at radius 2 is 1.79 bits per heavy atom. The zero-order valence-corrected chi connectivity index (χ0v) is 17.0. The molecule has 0 aliphatic rings. The second-order valence-corrected chi connectivity index (χ2v) is 8.55. The van der Waals surface area contributed by atoms with Gasteiger partial charge < -0.3 is 21.1 Å². The number of benzene rings is 1. The molecule has 2 aromatic rings. The van der Waals surface area contributed by atoms with Gasteiger partial charge >= 0.3 is 0 Å². The quantitative estimate of drug-likeness (QED) is 0.267. The first-order chi connectivity index (χ1) is 13.3. The van der Waals surface area contributed by atoms with E-state index in [-0.39, 0.29) is 27.3 Å². The third kappa shape index (κ3) is 4.14. The van der Waals surface area contributed by atoms with Crippen molar-refractivity contribution in [2.45, 2.75) is 16.7 Å². The number of ether oxygens (including phenoxy) is 2. The molecule has 0 radical (unpaired) electrons. The molecule has 11 nitrogen and oxygen atoms in total. The van der Waals surface area contributed by atoms with Crippen molar-refractivity contribution in [1.82, 2.24) is 9.97 Å². The minimum Gasteiger partial charge on any atom is -0.481 e. The highest BCUT2D eigenvalue weighted by Crippen LogP contribution is 2.28. The van der Waals surface area contributed by atoms with Crippen molar-refractivity contribution >= 4 is 32.7 Å². The number of nitrogens with zero attached hydrogens (tertiary/aromatic N) is 4. The number of hydrazone groups is 1. The fraction of sp³-hybridized carbons (Fsp3) is 0.267. The number of anilines is 1. The van der Waals surface area contributed by atoms with Crippen LogP contribution in [0.4, 0.5) is 5.95 Å². The van der Waals surface area contributed by atoms with E-state index in [1.54, 1.807) is 13.0 Å². The molecule has 152 valence electrons. The van der Waals surface area contributed by atoms with Crippen molar-refractivity contribution in [3.63, 3.8) is 0 Å². The van der Waals surface area contributed by atoms with E-state index < -0.39 is 32.7 Å². The molecule has 13 heteroatoms. The highest BCUT2D eigenvalue weighted by Gasteiger charge is 2.34. The SMILES string of the molecule is CCS(=O)c1ccccc1S(=O)(=O)N(C(N)=NN)c1nc(OC)cc(OC)n1. The third-order valence-corrected chi connectivity index (χ3v) is 6.73. The molecule has 4 N–H and O–H groups in total. The Morgan fingerprint density at radius 1 is 1.21 bits per heavy atom. The van der Waals surface area contributed by atoms with Crippen LogP contribution in [0.25, 0.3) is 0 Å². The summed E-state index contributed by atoms with van der Waals surface area (Å²) in [5.41, 5.74) is 5.75. The van der Waals surface area contributed by atoms with Crippen LogP contribution in [0.15, 0.2) is 45.2 Å². The summed E-state index contributed by atoms with van der Waals surface area (Å²) in [4.78, 5) is 7.86. The van der Waals surface area contributed by atoms with Crippen molar-refractivity contribution in [2.24, 2.45) is 16.7 Å². The zero-order chi connectivity index (χ0) is 20.9. The molecule has 0 saturated heterocycles. The van der Waals surface area contributed by atoms with E-state index in [4.69, 9.17) is 21.1 Å². The van der Waals surface area contributed by atoms with Gasteiger partial charge in [-0.1, -0.05) is 19.1 Å². The van der Waals surface area contributed by atoms with Gasteiger partial charge in [0.05, 0.1) is 36.0 Å². The van der Waals surface area contributed by atoms with E-state index in [2.05, 4.69) is 15.1 Å². The third-order valence-electron chi connectivity index (χ3n) is 3.48. The van der Waals surface area contributed by atoms with Crippen LogP contribution in [0.1, 0.15) is 6.92 Å². The van der Waals surface area contributed by atoms with E-state index in [0.29, 0.717) is 4.31 Å². The molecule has 1 unspecified atom stereocenters. The summed E-state index contributed by atoms with van der Waals surface area (Å²) in [5.74, 6) is 4.49. The lowest BCUT2D eigenvalue weighted by Crippen LogP contribution is -2.44. The van der Waals surface area contributed by atoms with Crippen LogP contribution in [0.5, 0.6) is 11.8 Å². The fourth-order valence-corrected chi connectivity index (χ4v) is 4.97. The van der Waals surface area contributed by atoms with E-state index in [1.807, 2.05) is 0 Å². The van der Waals surface area contributed by atoms with Gasteiger partial charge in [-0.3, -0.25) is 4.21 Å². The van der Waals surface area contributed by atoms with Crippen LogP contribution in [-0.2, 0) is 20.8 Å². The molecule has 1 aromatic carbocycles. The minimum atomic E-state index is -4.43. The molecule has 0 saturated carbocycles. The maximum Gasteiger partial charge on any atom is 0.274 e. The predicted octanol–water partition coefficient (Wildman–Crippen LogP) is 0.00500. The molecule has 0 bridgehead atoms. The van der Waals surface area contributed by atoms with Crippen LogP contribution in [-0.4, -0.2) is 48.5 Å². The van der Waals surface area contributed by atoms with Gasteiger partial charge in [0.15, 0.2) is 0 Å². The first kappa shape index (κ1) is 21.4. The number of methoxy groups -OCH3 is 2. The van der Waals surface area contributed by atoms with E-state index in [1.165, 1.54) is 38.5 Å². The van der Waals surface area contributed by atoms with Gasteiger partial charge in [0.2, 0.25) is 17.7 Å². The molecule has 1 aromatic heterocycles. The average Bonchev–Trinajstić information content (AvgIpc) is 2.72. The summed E-state index contributed by atoms with van der Waals surface area (Å²) in [6.45, 7) is 1.67. The number of hydrogen-bond donors (Lipinski definition) is 2. The summed E-state index contributed by atoms with van der Waals surface area (Å²) >= 11 is 0. The van der Waals surface area contributed by atoms with Crippen molar-refractivity contribution in [3.8, 4) is 11.8 Å². The van der Waals surface area contributed by atoms with Gasteiger partial charge in [-0.2, -0.15) is 14.3 Å². The Balaban J connectivity index is 2.77. The summed E-state index contributed by atoms with van der Waals surface area (Å²) in [6, 6.07) is 7.17. The molecule has 0 spiro atoms. The van der Waals surface area contributed by atoms with Gasteiger partial charge in [0, 0.05) is 5.75 Å². The van der Waals surface area contributed by atoms with Gasteiger partial charge in [0.25, 0.3) is 16.0 Å². The molecule has 2 rings (SSSR count). The Hall–Kier alpha value is -2.93. The normalized spacial score (nSPS) is 13.0. The molecule has 0 aliphatic carbocycles. The first-order valence-electron chi connectivity index (χ1n) is 7.83. The number of hydrogen-bond acceptors (Lipinski definition) is 9. The van der Waals surface area contributed by atoms with Gasteiger partial charge in [-0.15, -0.1) is 5.10 Å². The number of aromatic nitrogens is 2. The van der Waals surface area contributed by atoms with Crippen LogP contribution in [0, 0.1) is 0 Å². The highest BCUT2D eigenvalue weighted by molar-refractivity contribution is 7.94. The van der Waals surface area contributed by atoms with Crippen LogP contribution in [0.3, 0.4) is 0 Å². The fourth-order valence-electron chi connectivity index (χ4n) is 2.18. The predicted molar refractivity (Wildman–Crippen MR) is 104 cm³/mol. The van der Waals surface area contributed by atoms with Crippen LogP contribution in [0.2, 0.25) is 0 Å². The van der Waals surface area contributed by atoms with E-state index >= 15 is 0 Å². The maximum absolute atomic E-state index is 13.4. The summed E-state index contributed by atoms with van der Waals surface area (Å²) in [5, 5.41) is 3.27. The molecule has 28 heavy (non-hydrogen) atoms. The topological polar surface area (TPSA) is 163 Å². The molecule has 0 amide bonds. The smallest absolute Gasteiger partial charge is 0.274 e. The van der Waals surface area contributed by atoms with Gasteiger partial charge in [0.1, 0.15) is 4.90 Å². The minimum absolute atomic E-state index is 0.0253. The van der Waals surface area contributed by atoms with Gasteiger partial charge in [-0.05, 0) is 12.1 Å². The molecule has 0 aliphatic heterocycles. The largest absolute Gasteiger partial charge is 0.481 e. The van der Waals surface area contributed by atoms with E-state index in [0.717, 1.165) is 0 Å². The Morgan fingerprint density at radius 3 is 2.29 bits per heavy atom. The van der Waals surface area contributed by atoms with Crippen molar-refractivity contribution in [1.29, 1.82) is 0 Å². The van der Waals surface area contributed by atoms with E-state index in [9.17, 15) is 12.6 Å². The average molecular weight is 428 g/mol. The molecule has 0 fully saturated rings. The second kappa shape index (κ2) is 8.84. The lowest BCUT2D eigenvalue weighted by Gasteiger charge is -2.22. The number of rotatable bonds is 7. The number of nitrogens with two attached hydrogens (primary N) is 2. The Bertz CT molecular complexity index is 989. The lowest BCUT2D eigenvalue weighted by molar-refractivity contribution is 0.372. The second-order valence-electron chi connectivity index (χ2n) is 5.09. The van der Waals surface area contributed by atoms with Crippen LogP contribution >= 0.6 is 0 Å². The summed E-state index contributed by atoms with van der Waals surface area (Å²) in [7, 11) is -3.31. The Kier molecular flexibility index (Phi) is 6.75. The highest BCUT2D eigenvalue weighted by atomic mass is 32.2. The van der Waals surface area contributed by atoms with Gasteiger partial charge in [-0.25, -0.2) is 8.42 Å². The van der Waals surface area contributed by atoms with Crippen molar-refractivity contribution < 1.29 is 22.1 Å². The Labute approximate surface area is 164 Å². The van der Waals surface area contributed by atoms with Crippen molar-refractivity contribution in [3.05, 3.63) is 30.3 Å². The molecule has 1 atom stereocenters. The first-order valence-corrected chi connectivity index (χ1v) is 10.6. The van der Waals surface area contributed by atoms with Crippen LogP contribution < -0.4 is 25.4 Å². The maximum atomic E-state index is 13.4. The number of guanidine groups is 1. The molecule has 1 heterocycles. The summed E-state index contributed by atoms with van der Waals surface area (Å²) < 4.78 is 49.7.